The highest BCUT2D eigenvalue weighted by molar-refractivity contribution is 6.18. The maximum absolute atomic E-state index is 11.3. The number of benzene rings is 1. The van der Waals surface area contributed by atoms with Crippen molar-refractivity contribution < 1.29 is 4.79 Å². The normalized spacial score (nSPS) is 14.1. The third kappa shape index (κ3) is 2.00. The van der Waals surface area contributed by atoms with Crippen molar-refractivity contribution in [2.24, 2.45) is 0 Å². The van der Waals surface area contributed by atoms with E-state index in [0.717, 1.165) is 25.1 Å². The van der Waals surface area contributed by atoms with Gasteiger partial charge in [0.15, 0.2) is 0 Å². The molecule has 0 fully saturated rings. The second kappa shape index (κ2) is 4.23. The fourth-order valence-electron chi connectivity index (χ4n) is 2.05. The minimum absolute atomic E-state index is 0.124. The van der Waals surface area contributed by atoms with Crippen molar-refractivity contribution >= 4 is 23.2 Å². The Labute approximate surface area is 94.8 Å². The fourth-order valence-corrected chi connectivity index (χ4v) is 2.27. The molecule has 0 atom stereocenters. The molecular formula is C12H14ClNO. The zero-order valence-corrected chi connectivity index (χ0v) is 9.55. The molecule has 0 spiro atoms. The number of carbonyl (C=O) groups excluding carboxylic acids is 1. The van der Waals surface area contributed by atoms with Gasteiger partial charge in [0, 0.05) is 25.0 Å². The van der Waals surface area contributed by atoms with Gasteiger partial charge in [0.1, 0.15) is 0 Å². The lowest BCUT2D eigenvalue weighted by Crippen LogP contribution is -2.25. The van der Waals surface area contributed by atoms with Crippen molar-refractivity contribution in [3.8, 4) is 0 Å². The quantitative estimate of drug-likeness (QED) is 0.705. The highest BCUT2D eigenvalue weighted by Gasteiger charge is 2.21. The summed E-state index contributed by atoms with van der Waals surface area (Å²) in [6, 6.07) is 6.26. The molecule has 0 aromatic heterocycles. The van der Waals surface area contributed by atoms with E-state index in [0.29, 0.717) is 5.88 Å². The molecule has 0 N–H and O–H groups in total. The molecule has 1 aliphatic rings. The first-order valence-electron chi connectivity index (χ1n) is 5.18. The van der Waals surface area contributed by atoms with Crippen molar-refractivity contribution in [3.05, 3.63) is 29.3 Å². The molecule has 1 aliphatic heterocycles. The van der Waals surface area contributed by atoms with Crippen molar-refractivity contribution in [1.29, 1.82) is 0 Å². The highest BCUT2D eigenvalue weighted by Crippen LogP contribution is 2.28. The Morgan fingerprint density at radius 1 is 1.53 bits per heavy atom. The number of anilines is 1. The van der Waals surface area contributed by atoms with Crippen LogP contribution in [-0.4, -0.2) is 18.3 Å². The minimum Gasteiger partial charge on any atom is -0.312 e. The van der Waals surface area contributed by atoms with E-state index >= 15 is 0 Å². The first-order valence-corrected chi connectivity index (χ1v) is 5.71. The standard InChI is InChI=1S/C12H14ClNO/c1-9(15)14-7-5-11-8-10(4-6-13)2-3-12(11)14/h2-3,8H,4-7H2,1H3. The van der Waals surface area contributed by atoms with Crippen molar-refractivity contribution in [2.75, 3.05) is 17.3 Å². The van der Waals surface area contributed by atoms with Crippen LogP contribution in [0.15, 0.2) is 18.2 Å². The lowest BCUT2D eigenvalue weighted by Gasteiger charge is -2.14. The zero-order chi connectivity index (χ0) is 10.8. The van der Waals surface area contributed by atoms with Crippen LogP contribution in [0.5, 0.6) is 0 Å². The lowest BCUT2D eigenvalue weighted by molar-refractivity contribution is -0.116. The molecule has 1 aromatic carbocycles. The molecule has 80 valence electrons. The number of aryl methyl sites for hydroxylation is 1. The predicted octanol–water partition coefficient (Wildman–Crippen LogP) is 2.38. The number of hydrogen-bond acceptors (Lipinski definition) is 1. The summed E-state index contributed by atoms with van der Waals surface area (Å²) < 4.78 is 0. The number of carbonyl (C=O) groups is 1. The van der Waals surface area contributed by atoms with Crippen molar-refractivity contribution in [1.82, 2.24) is 0 Å². The lowest BCUT2D eigenvalue weighted by atomic mass is 10.1. The Hall–Kier alpha value is -1.02. The van der Waals surface area contributed by atoms with Gasteiger partial charge >= 0.3 is 0 Å². The topological polar surface area (TPSA) is 20.3 Å². The van der Waals surface area contributed by atoms with Gasteiger partial charge in [-0.1, -0.05) is 12.1 Å². The van der Waals surface area contributed by atoms with Crippen LogP contribution in [0.4, 0.5) is 5.69 Å². The number of hydrogen-bond donors (Lipinski definition) is 0. The van der Waals surface area contributed by atoms with E-state index < -0.39 is 0 Å². The van der Waals surface area contributed by atoms with Gasteiger partial charge in [0.2, 0.25) is 5.91 Å². The molecule has 1 aromatic rings. The number of nitrogens with zero attached hydrogens (tertiary/aromatic N) is 1. The summed E-state index contributed by atoms with van der Waals surface area (Å²) in [7, 11) is 0. The third-order valence-corrected chi connectivity index (χ3v) is 2.99. The summed E-state index contributed by atoms with van der Waals surface area (Å²) in [5.41, 5.74) is 3.60. The molecule has 0 unspecified atom stereocenters. The predicted molar refractivity (Wildman–Crippen MR) is 62.6 cm³/mol. The van der Waals surface area contributed by atoms with E-state index in [-0.39, 0.29) is 5.91 Å². The minimum atomic E-state index is 0.124. The van der Waals surface area contributed by atoms with E-state index in [1.165, 1.54) is 11.1 Å². The van der Waals surface area contributed by atoms with Gasteiger partial charge < -0.3 is 4.90 Å². The summed E-state index contributed by atoms with van der Waals surface area (Å²) in [6.45, 7) is 2.43. The maximum Gasteiger partial charge on any atom is 0.223 e. The van der Waals surface area contributed by atoms with Crippen LogP contribution >= 0.6 is 11.6 Å². The molecule has 1 amide bonds. The van der Waals surface area contributed by atoms with Crippen LogP contribution in [0.25, 0.3) is 0 Å². The van der Waals surface area contributed by atoms with Crippen LogP contribution in [0.1, 0.15) is 18.1 Å². The molecule has 0 aliphatic carbocycles. The van der Waals surface area contributed by atoms with Crippen LogP contribution < -0.4 is 4.90 Å². The monoisotopic (exact) mass is 223 g/mol. The van der Waals surface area contributed by atoms with Gasteiger partial charge in [-0.05, 0) is 30.0 Å². The Balaban J connectivity index is 2.29. The average Bonchev–Trinajstić information content (AvgIpc) is 2.61. The summed E-state index contributed by atoms with van der Waals surface area (Å²) in [5.74, 6) is 0.772. The summed E-state index contributed by atoms with van der Waals surface area (Å²) in [4.78, 5) is 13.2. The number of rotatable bonds is 2. The first-order chi connectivity index (χ1) is 7.22. The number of fused-ring (bicyclic) bond motifs is 1. The average molecular weight is 224 g/mol. The Morgan fingerprint density at radius 2 is 2.33 bits per heavy atom. The third-order valence-electron chi connectivity index (χ3n) is 2.80. The van der Waals surface area contributed by atoms with E-state index in [4.69, 9.17) is 11.6 Å². The molecule has 0 bridgehead atoms. The van der Waals surface area contributed by atoms with Crippen LogP contribution in [0, 0.1) is 0 Å². The number of halogens is 1. The fraction of sp³-hybridized carbons (Fsp3) is 0.417. The molecule has 2 rings (SSSR count). The Kier molecular flexibility index (Phi) is 2.96. The van der Waals surface area contributed by atoms with Crippen molar-refractivity contribution in [3.63, 3.8) is 0 Å². The molecule has 0 radical (unpaired) electrons. The summed E-state index contributed by atoms with van der Waals surface area (Å²) in [5, 5.41) is 0. The number of alkyl halides is 1. The molecule has 0 saturated heterocycles. The van der Waals surface area contributed by atoms with Crippen LogP contribution in [0.2, 0.25) is 0 Å². The van der Waals surface area contributed by atoms with E-state index in [1.54, 1.807) is 6.92 Å². The summed E-state index contributed by atoms with van der Waals surface area (Å²) in [6.07, 6.45) is 1.86. The summed E-state index contributed by atoms with van der Waals surface area (Å²) >= 11 is 5.70. The molecule has 3 heteroatoms. The van der Waals surface area contributed by atoms with E-state index in [2.05, 4.69) is 12.1 Å². The first kappa shape index (κ1) is 10.5. The molecule has 1 heterocycles. The van der Waals surface area contributed by atoms with Crippen molar-refractivity contribution in [2.45, 2.75) is 19.8 Å². The van der Waals surface area contributed by atoms with Gasteiger partial charge in [0.25, 0.3) is 0 Å². The van der Waals surface area contributed by atoms with Gasteiger partial charge in [-0.2, -0.15) is 0 Å². The largest absolute Gasteiger partial charge is 0.312 e. The maximum atomic E-state index is 11.3. The highest BCUT2D eigenvalue weighted by atomic mass is 35.5. The van der Waals surface area contributed by atoms with Gasteiger partial charge in [-0.3, -0.25) is 4.79 Å². The Bertz CT molecular complexity index is 389. The SMILES string of the molecule is CC(=O)N1CCc2cc(CCCl)ccc21. The van der Waals surface area contributed by atoms with E-state index in [9.17, 15) is 4.79 Å². The molecule has 15 heavy (non-hydrogen) atoms. The second-order valence-electron chi connectivity index (χ2n) is 3.82. The molecule has 2 nitrogen and oxygen atoms in total. The van der Waals surface area contributed by atoms with E-state index in [1.807, 2.05) is 11.0 Å². The Morgan fingerprint density at radius 3 is 3.00 bits per heavy atom. The van der Waals surface area contributed by atoms with Crippen LogP contribution in [-0.2, 0) is 17.6 Å². The molecular weight excluding hydrogens is 210 g/mol. The second-order valence-corrected chi connectivity index (χ2v) is 4.20. The van der Waals surface area contributed by atoms with Gasteiger partial charge in [0.05, 0.1) is 0 Å². The van der Waals surface area contributed by atoms with Gasteiger partial charge in [-0.25, -0.2) is 0 Å². The smallest absolute Gasteiger partial charge is 0.223 e. The number of amides is 1. The molecule has 0 saturated carbocycles. The van der Waals surface area contributed by atoms with Gasteiger partial charge in [-0.15, -0.1) is 11.6 Å². The van der Waals surface area contributed by atoms with Crippen LogP contribution in [0.3, 0.4) is 0 Å². The zero-order valence-electron chi connectivity index (χ0n) is 8.79.